The van der Waals surface area contributed by atoms with Crippen molar-refractivity contribution in [1.82, 2.24) is 0 Å². The van der Waals surface area contributed by atoms with E-state index in [4.69, 9.17) is 15.2 Å². The molecule has 0 saturated carbocycles. The van der Waals surface area contributed by atoms with Crippen LogP contribution in [0.5, 0.6) is 0 Å². The molecule has 0 aliphatic heterocycles. The van der Waals surface area contributed by atoms with Crippen molar-refractivity contribution in [2.24, 2.45) is 11.1 Å². The summed E-state index contributed by atoms with van der Waals surface area (Å²) >= 11 is 0. The fourth-order valence-electron chi connectivity index (χ4n) is 0.894. The second-order valence-electron chi connectivity index (χ2n) is 4.55. The van der Waals surface area contributed by atoms with Gasteiger partial charge in [-0.2, -0.15) is 0 Å². The molecule has 2 N–H and O–H groups in total. The number of esters is 1. The molecule has 84 valence electrons. The van der Waals surface area contributed by atoms with Crippen LogP contribution in [0.2, 0.25) is 0 Å². The minimum Gasteiger partial charge on any atom is -0.459 e. The molecule has 14 heavy (non-hydrogen) atoms. The fourth-order valence-corrected chi connectivity index (χ4v) is 0.894. The predicted octanol–water partition coefficient (Wildman–Crippen LogP) is 0.938. The van der Waals surface area contributed by atoms with E-state index in [-0.39, 0.29) is 17.5 Å². The fraction of sp³-hybridized carbons (Fsp3) is 0.900. The molecule has 0 saturated heterocycles. The number of carbonyl (C=O) groups is 1. The molecule has 0 aromatic heterocycles. The van der Waals surface area contributed by atoms with Crippen LogP contribution >= 0.6 is 0 Å². The summed E-state index contributed by atoms with van der Waals surface area (Å²) < 4.78 is 9.94. The van der Waals surface area contributed by atoms with Gasteiger partial charge in [0.1, 0.15) is 12.1 Å². The Morgan fingerprint density at radius 2 is 1.93 bits per heavy atom. The lowest BCUT2D eigenvalue weighted by Gasteiger charge is -2.26. The van der Waals surface area contributed by atoms with Crippen molar-refractivity contribution in [2.45, 2.75) is 39.8 Å². The van der Waals surface area contributed by atoms with Gasteiger partial charge in [-0.3, -0.25) is 4.79 Å². The Morgan fingerprint density at radius 3 is 2.29 bits per heavy atom. The Morgan fingerprint density at radius 1 is 1.43 bits per heavy atom. The number of methoxy groups -OCH3 is 1. The largest absolute Gasteiger partial charge is 0.459 e. The molecule has 0 rings (SSSR count). The quantitative estimate of drug-likeness (QED) is 0.691. The Bertz CT molecular complexity index is 186. The zero-order valence-electron chi connectivity index (χ0n) is 9.66. The molecule has 4 nitrogen and oxygen atoms in total. The van der Waals surface area contributed by atoms with Crippen LogP contribution in [-0.2, 0) is 14.3 Å². The molecule has 0 fully saturated rings. The van der Waals surface area contributed by atoms with E-state index >= 15 is 0 Å². The summed E-state index contributed by atoms with van der Waals surface area (Å²) in [5, 5.41) is 0. The summed E-state index contributed by atoms with van der Waals surface area (Å²) in [4.78, 5) is 11.5. The molecule has 0 amide bonds. The van der Waals surface area contributed by atoms with E-state index < -0.39 is 6.04 Å². The summed E-state index contributed by atoms with van der Waals surface area (Å²) in [6.45, 7) is 7.87. The normalized spacial score (nSPS) is 16.1. The molecule has 2 atom stereocenters. The minimum absolute atomic E-state index is 0.249. The SMILES string of the molecule is COCC(C)OC(=O)[C@H](N)C(C)(C)C. The first-order valence-corrected chi connectivity index (χ1v) is 4.74. The molecular formula is C10H21NO3. The topological polar surface area (TPSA) is 61.5 Å². The molecular weight excluding hydrogens is 182 g/mol. The van der Waals surface area contributed by atoms with Crippen molar-refractivity contribution in [3.05, 3.63) is 0 Å². The van der Waals surface area contributed by atoms with Crippen LogP contribution in [-0.4, -0.2) is 31.8 Å². The number of hydrogen-bond acceptors (Lipinski definition) is 4. The molecule has 0 heterocycles. The average molecular weight is 203 g/mol. The highest BCUT2D eigenvalue weighted by atomic mass is 16.6. The van der Waals surface area contributed by atoms with E-state index in [2.05, 4.69) is 0 Å². The van der Waals surface area contributed by atoms with Gasteiger partial charge in [0.25, 0.3) is 0 Å². The van der Waals surface area contributed by atoms with Crippen LogP contribution in [0.1, 0.15) is 27.7 Å². The Labute approximate surface area is 85.8 Å². The van der Waals surface area contributed by atoms with E-state index in [9.17, 15) is 4.79 Å². The van der Waals surface area contributed by atoms with Crippen molar-refractivity contribution in [3.63, 3.8) is 0 Å². The molecule has 0 aliphatic rings. The number of carbonyl (C=O) groups excluding carboxylic acids is 1. The van der Waals surface area contributed by atoms with Gasteiger partial charge in [-0.05, 0) is 12.3 Å². The average Bonchev–Trinajstić information content (AvgIpc) is 2.01. The highest BCUT2D eigenvalue weighted by molar-refractivity contribution is 5.76. The number of ether oxygens (including phenoxy) is 2. The van der Waals surface area contributed by atoms with Gasteiger partial charge in [0, 0.05) is 7.11 Å². The Hall–Kier alpha value is -0.610. The van der Waals surface area contributed by atoms with Gasteiger partial charge in [0.2, 0.25) is 0 Å². The first-order chi connectivity index (χ1) is 6.29. The van der Waals surface area contributed by atoms with Crippen molar-refractivity contribution >= 4 is 5.97 Å². The van der Waals surface area contributed by atoms with Crippen LogP contribution in [0.15, 0.2) is 0 Å². The summed E-state index contributed by atoms with van der Waals surface area (Å²) in [6, 6.07) is -0.596. The van der Waals surface area contributed by atoms with Crippen LogP contribution in [0.3, 0.4) is 0 Å². The summed E-state index contributed by atoms with van der Waals surface area (Å²) in [6.07, 6.45) is -0.249. The van der Waals surface area contributed by atoms with Crippen LogP contribution in [0, 0.1) is 5.41 Å². The van der Waals surface area contributed by atoms with Crippen LogP contribution in [0.4, 0.5) is 0 Å². The third-order valence-corrected chi connectivity index (χ3v) is 1.91. The van der Waals surface area contributed by atoms with Gasteiger partial charge < -0.3 is 15.2 Å². The molecule has 0 aromatic carbocycles. The van der Waals surface area contributed by atoms with Gasteiger partial charge in [-0.15, -0.1) is 0 Å². The van der Waals surface area contributed by atoms with Gasteiger partial charge in [0.05, 0.1) is 6.61 Å². The molecule has 1 unspecified atom stereocenters. The molecule has 0 aliphatic carbocycles. The second kappa shape index (κ2) is 5.32. The first-order valence-electron chi connectivity index (χ1n) is 4.74. The lowest BCUT2D eigenvalue weighted by molar-refractivity contribution is -0.154. The summed E-state index contributed by atoms with van der Waals surface area (Å²) in [5.74, 6) is -0.373. The Kier molecular flexibility index (Phi) is 5.08. The molecule has 0 radical (unpaired) electrons. The van der Waals surface area contributed by atoms with E-state index in [1.165, 1.54) is 0 Å². The van der Waals surface area contributed by atoms with E-state index in [1.54, 1.807) is 14.0 Å². The maximum absolute atomic E-state index is 11.5. The first kappa shape index (κ1) is 13.4. The smallest absolute Gasteiger partial charge is 0.323 e. The molecule has 0 aromatic rings. The summed E-state index contributed by atoms with van der Waals surface area (Å²) in [5.41, 5.74) is 5.45. The molecule has 4 heteroatoms. The standard InChI is InChI=1S/C10H21NO3/c1-7(6-13-5)14-9(12)8(11)10(2,3)4/h7-8H,6,11H2,1-5H3/t7?,8-/m0/s1. The van der Waals surface area contributed by atoms with Crippen molar-refractivity contribution in [1.29, 1.82) is 0 Å². The molecule has 0 bridgehead atoms. The zero-order chi connectivity index (χ0) is 11.4. The van der Waals surface area contributed by atoms with Gasteiger partial charge in [0.15, 0.2) is 0 Å². The van der Waals surface area contributed by atoms with Crippen LogP contribution in [0.25, 0.3) is 0 Å². The third kappa shape index (κ3) is 4.58. The lowest BCUT2D eigenvalue weighted by Crippen LogP contribution is -2.44. The maximum Gasteiger partial charge on any atom is 0.323 e. The number of nitrogens with two attached hydrogens (primary N) is 1. The van der Waals surface area contributed by atoms with Gasteiger partial charge in [-0.1, -0.05) is 20.8 Å². The third-order valence-electron chi connectivity index (χ3n) is 1.91. The van der Waals surface area contributed by atoms with E-state index in [1.807, 2.05) is 20.8 Å². The van der Waals surface area contributed by atoms with Crippen molar-refractivity contribution in [2.75, 3.05) is 13.7 Å². The summed E-state index contributed by atoms with van der Waals surface area (Å²) in [7, 11) is 1.56. The van der Waals surface area contributed by atoms with Crippen molar-refractivity contribution < 1.29 is 14.3 Å². The van der Waals surface area contributed by atoms with Crippen LogP contribution < -0.4 is 5.73 Å². The highest BCUT2D eigenvalue weighted by Gasteiger charge is 2.29. The van der Waals surface area contributed by atoms with E-state index in [0.29, 0.717) is 6.61 Å². The predicted molar refractivity (Wildman–Crippen MR) is 54.9 cm³/mol. The Balaban J connectivity index is 4.08. The van der Waals surface area contributed by atoms with Gasteiger partial charge in [-0.25, -0.2) is 0 Å². The van der Waals surface area contributed by atoms with E-state index in [0.717, 1.165) is 0 Å². The highest BCUT2D eigenvalue weighted by Crippen LogP contribution is 2.18. The molecule has 0 spiro atoms. The second-order valence-corrected chi connectivity index (χ2v) is 4.55. The van der Waals surface area contributed by atoms with Gasteiger partial charge >= 0.3 is 5.97 Å². The zero-order valence-corrected chi connectivity index (χ0v) is 9.66. The van der Waals surface area contributed by atoms with Crippen molar-refractivity contribution in [3.8, 4) is 0 Å². The number of rotatable bonds is 4. The lowest BCUT2D eigenvalue weighted by atomic mass is 9.87. The minimum atomic E-state index is -0.596. The number of hydrogen-bond donors (Lipinski definition) is 1. The maximum atomic E-state index is 11.5. The monoisotopic (exact) mass is 203 g/mol.